The largest absolute Gasteiger partial charge is 0.489 e. The fraction of sp³-hybridized carbons (Fsp3) is 0.571. The zero-order chi connectivity index (χ0) is 12.4. The molecule has 0 aromatic heterocycles. The fourth-order valence-corrected chi connectivity index (χ4v) is 2.92. The maximum absolute atomic E-state index is 9.44. The van der Waals surface area contributed by atoms with Crippen LogP contribution in [0.3, 0.4) is 0 Å². The lowest BCUT2D eigenvalue weighted by atomic mass is 10.1. The van der Waals surface area contributed by atoms with Crippen molar-refractivity contribution < 1.29 is 9.84 Å². The molecule has 0 spiro atoms. The fourth-order valence-electron chi connectivity index (χ4n) is 1.94. The molecule has 2 nitrogen and oxygen atoms in total. The molecule has 0 bridgehead atoms. The van der Waals surface area contributed by atoms with Crippen molar-refractivity contribution in [1.29, 1.82) is 0 Å². The Balaban J connectivity index is 1.88. The third kappa shape index (κ3) is 3.17. The van der Waals surface area contributed by atoms with Gasteiger partial charge in [0.1, 0.15) is 11.9 Å². The smallest absolute Gasteiger partial charge is 0.123 e. The number of hydrogen-bond donors (Lipinski definition) is 1. The number of thioether (sulfide) groups is 1. The molecule has 0 amide bonds. The van der Waals surface area contributed by atoms with Gasteiger partial charge < -0.3 is 9.84 Å². The highest BCUT2D eigenvalue weighted by Gasteiger charge is 2.23. The summed E-state index contributed by atoms with van der Waals surface area (Å²) >= 11 is 1.78. The predicted octanol–water partition coefficient (Wildman–Crippen LogP) is 2.80. The van der Waals surface area contributed by atoms with Gasteiger partial charge in [0.05, 0.1) is 6.10 Å². The molecule has 0 saturated heterocycles. The first-order valence-electron chi connectivity index (χ1n) is 6.12. The summed E-state index contributed by atoms with van der Waals surface area (Å²) in [6.07, 6.45) is 1.00. The molecule has 3 unspecified atom stereocenters. The Morgan fingerprint density at radius 2 is 2.24 bits per heavy atom. The number of aryl methyl sites for hydroxylation is 1. The summed E-state index contributed by atoms with van der Waals surface area (Å²) in [6, 6.07) is 6.36. The predicted molar refractivity (Wildman–Crippen MR) is 72.9 cm³/mol. The molecule has 0 radical (unpaired) electrons. The number of fused-ring (bicyclic) bond motifs is 1. The van der Waals surface area contributed by atoms with Crippen molar-refractivity contribution in [1.82, 2.24) is 0 Å². The number of aliphatic hydroxyl groups is 1. The van der Waals surface area contributed by atoms with Gasteiger partial charge in [-0.2, -0.15) is 11.8 Å². The van der Waals surface area contributed by atoms with Gasteiger partial charge in [0.2, 0.25) is 0 Å². The Labute approximate surface area is 107 Å². The van der Waals surface area contributed by atoms with Crippen molar-refractivity contribution in [3.8, 4) is 5.75 Å². The molecule has 3 heteroatoms. The van der Waals surface area contributed by atoms with Gasteiger partial charge >= 0.3 is 0 Å². The molecule has 1 N–H and O–H groups in total. The Hall–Kier alpha value is -0.670. The van der Waals surface area contributed by atoms with Crippen LogP contribution < -0.4 is 4.74 Å². The van der Waals surface area contributed by atoms with Crippen LogP contribution in [0, 0.1) is 6.92 Å². The van der Waals surface area contributed by atoms with Crippen molar-refractivity contribution in [3.05, 3.63) is 29.3 Å². The van der Waals surface area contributed by atoms with Gasteiger partial charge in [0.15, 0.2) is 0 Å². The lowest BCUT2D eigenvalue weighted by Gasteiger charge is -2.16. The third-order valence-electron chi connectivity index (χ3n) is 3.18. The van der Waals surface area contributed by atoms with Crippen LogP contribution in [-0.4, -0.2) is 28.3 Å². The molecule has 1 aliphatic heterocycles. The Morgan fingerprint density at radius 3 is 2.94 bits per heavy atom. The number of ether oxygens (including phenoxy) is 1. The van der Waals surface area contributed by atoms with Crippen LogP contribution in [0.2, 0.25) is 0 Å². The van der Waals surface area contributed by atoms with E-state index < -0.39 is 0 Å². The highest BCUT2D eigenvalue weighted by atomic mass is 32.2. The monoisotopic (exact) mass is 252 g/mol. The minimum atomic E-state index is -0.258. The molecular formula is C14H20O2S. The molecule has 0 saturated carbocycles. The standard InChI is InChI=1S/C14H20O2S/c1-9-4-5-14-12(6-9)7-13(16-14)8-17-11(3)10(2)15/h4-6,10-11,13,15H,7-8H2,1-3H3. The zero-order valence-corrected chi connectivity index (χ0v) is 11.5. The van der Waals surface area contributed by atoms with Gasteiger partial charge in [0, 0.05) is 17.4 Å². The number of aliphatic hydroxyl groups excluding tert-OH is 1. The molecule has 0 aliphatic carbocycles. The molecule has 3 atom stereocenters. The highest BCUT2D eigenvalue weighted by Crippen LogP contribution is 2.31. The van der Waals surface area contributed by atoms with Crippen LogP contribution >= 0.6 is 11.8 Å². The summed E-state index contributed by atoms with van der Waals surface area (Å²) in [7, 11) is 0. The second kappa shape index (κ2) is 5.32. The lowest BCUT2D eigenvalue weighted by molar-refractivity contribution is 0.196. The average Bonchev–Trinajstić information content (AvgIpc) is 2.67. The van der Waals surface area contributed by atoms with Crippen LogP contribution in [0.15, 0.2) is 18.2 Å². The molecule has 1 aliphatic rings. The normalized spacial score (nSPS) is 21.8. The molecule has 1 aromatic carbocycles. The number of hydrogen-bond acceptors (Lipinski definition) is 3. The molecule has 17 heavy (non-hydrogen) atoms. The van der Waals surface area contributed by atoms with E-state index in [1.807, 2.05) is 6.92 Å². The van der Waals surface area contributed by atoms with E-state index in [0.717, 1.165) is 17.9 Å². The van der Waals surface area contributed by atoms with E-state index in [9.17, 15) is 5.11 Å². The second-order valence-electron chi connectivity index (χ2n) is 4.83. The van der Waals surface area contributed by atoms with Gasteiger partial charge in [0.25, 0.3) is 0 Å². The van der Waals surface area contributed by atoms with Crippen LogP contribution in [0.4, 0.5) is 0 Å². The van der Waals surface area contributed by atoms with E-state index in [1.54, 1.807) is 11.8 Å². The number of benzene rings is 1. The maximum atomic E-state index is 9.44. The molecule has 0 fully saturated rings. The van der Waals surface area contributed by atoms with Crippen molar-refractivity contribution in [2.75, 3.05) is 5.75 Å². The molecule has 1 heterocycles. The van der Waals surface area contributed by atoms with Crippen LogP contribution in [0.5, 0.6) is 5.75 Å². The summed E-state index contributed by atoms with van der Waals surface area (Å²) in [5.41, 5.74) is 2.61. The van der Waals surface area contributed by atoms with E-state index in [0.29, 0.717) is 0 Å². The number of rotatable bonds is 4. The third-order valence-corrected chi connectivity index (χ3v) is 4.67. The van der Waals surface area contributed by atoms with Gasteiger partial charge in [-0.15, -0.1) is 0 Å². The van der Waals surface area contributed by atoms with Crippen LogP contribution in [0.25, 0.3) is 0 Å². The van der Waals surface area contributed by atoms with E-state index >= 15 is 0 Å². The molecule has 1 aromatic rings. The summed E-state index contributed by atoms with van der Waals surface area (Å²) in [4.78, 5) is 0. The SMILES string of the molecule is Cc1ccc2c(c1)CC(CSC(C)C(C)O)O2. The topological polar surface area (TPSA) is 29.5 Å². The Morgan fingerprint density at radius 1 is 1.47 bits per heavy atom. The quantitative estimate of drug-likeness (QED) is 0.893. The minimum absolute atomic E-state index is 0.258. The van der Waals surface area contributed by atoms with Gasteiger partial charge in [-0.25, -0.2) is 0 Å². The van der Waals surface area contributed by atoms with Gasteiger partial charge in [-0.3, -0.25) is 0 Å². The van der Waals surface area contributed by atoms with E-state index in [2.05, 4.69) is 32.0 Å². The van der Waals surface area contributed by atoms with E-state index in [-0.39, 0.29) is 17.5 Å². The minimum Gasteiger partial charge on any atom is -0.489 e. The van der Waals surface area contributed by atoms with Crippen molar-refractivity contribution >= 4 is 11.8 Å². The molecule has 94 valence electrons. The second-order valence-corrected chi connectivity index (χ2v) is 6.24. The van der Waals surface area contributed by atoms with E-state index in [4.69, 9.17) is 4.74 Å². The first-order valence-corrected chi connectivity index (χ1v) is 7.17. The van der Waals surface area contributed by atoms with E-state index in [1.165, 1.54) is 11.1 Å². The Kier molecular flexibility index (Phi) is 4.00. The van der Waals surface area contributed by atoms with Crippen LogP contribution in [-0.2, 0) is 6.42 Å². The first kappa shape index (κ1) is 12.8. The van der Waals surface area contributed by atoms with Gasteiger partial charge in [-0.1, -0.05) is 24.6 Å². The summed E-state index contributed by atoms with van der Waals surface area (Å²) in [5, 5.41) is 9.71. The van der Waals surface area contributed by atoms with Crippen molar-refractivity contribution in [2.24, 2.45) is 0 Å². The van der Waals surface area contributed by atoms with Crippen molar-refractivity contribution in [3.63, 3.8) is 0 Å². The first-order chi connectivity index (χ1) is 8.06. The molecular weight excluding hydrogens is 232 g/mol. The summed E-state index contributed by atoms with van der Waals surface area (Å²) in [5.74, 6) is 1.98. The summed E-state index contributed by atoms with van der Waals surface area (Å²) < 4.78 is 5.89. The zero-order valence-electron chi connectivity index (χ0n) is 10.6. The van der Waals surface area contributed by atoms with Crippen molar-refractivity contribution in [2.45, 2.75) is 44.6 Å². The Bertz CT molecular complexity index is 390. The lowest BCUT2D eigenvalue weighted by Crippen LogP contribution is -2.22. The summed E-state index contributed by atoms with van der Waals surface area (Å²) in [6.45, 7) is 6.00. The van der Waals surface area contributed by atoms with Crippen LogP contribution in [0.1, 0.15) is 25.0 Å². The van der Waals surface area contributed by atoms with Gasteiger partial charge in [-0.05, 0) is 25.5 Å². The average molecular weight is 252 g/mol. The highest BCUT2D eigenvalue weighted by molar-refractivity contribution is 7.99. The maximum Gasteiger partial charge on any atom is 0.123 e. The molecule has 2 rings (SSSR count).